The number of nitrogens with zero attached hydrogens (tertiary/aromatic N) is 1. The molecule has 1 aliphatic rings. The lowest BCUT2D eigenvalue weighted by Gasteiger charge is -2.35. The first kappa shape index (κ1) is 11.0. The summed E-state index contributed by atoms with van der Waals surface area (Å²) in [5, 5.41) is 12.2. The van der Waals surface area contributed by atoms with Gasteiger partial charge in [-0.25, -0.2) is 0 Å². The molecular weight excluding hydrogens is 164 g/mol. The van der Waals surface area contributed by atoms with Crippen LogP contribution in [0.3, 0.4) is 0 Å². The summed E-state index contributed by atoms with van der Waals surface area (Å²) < 4.78 is 0. The molecule has 3 nitrogen and oxygen atoms in total. The number of hydrogen-bond donors (Lipinski definition) is 2. The normalized spacial score (nSPS) is 27.5. The van der Waals surface area contributed by atoms with Crippen LogP contribution in [0.5, 0.6) is 0 Å². The van der Waals surface area contributed by atoms with Gasteiger partial charge in [-0.1, -0.05) is 0 Å². The Morgan fingerprint density at radius 1 is 1.62 bits per heavy atom. The molecule has 1 heterocycles. The van der Waals surface area contributed by atoms with Crippen LogP contribution in [0.2, 0.25) is 0 Å². The number of piperidine rings is 1. The first-order valence-corrected chi connectivity index (χ1v) is 5.28. The highest BCUT2D eigenvalue weighted by Crippen LogP contribution is 2.18. The Morgan fingerprint density at radius 2 is 2.38 bits per heavy atom. The van der Waals surface area contributed by atoms with Gasteiger partial charge < -0.3 is 15.3 Å². The summed E-state index contributed by atoms with van der Waals surface area (Å²) in [5.74, 6) is 0.755. The van der Waals surface area contributed by atoms with Crippen LogP contribution in [-0.4, -0.2) is 49.3 Å². The van der Waals surface area contributed by atoms with Crippen molar-refractivity contribution in [3.05, 3.63) is 0 Å². The zero-order valence-electron chi connectivity index (χ0n) is 8.79. The summed E-state index contributed by atoms with van der Waals surface area (Å²) in [4.78, 5) is 2.36. The highest BCUT2D eigenvalue weighted by Gasteiger charge is 2.22. The van der Waals surface area contributed by atoms with E-state index in [2.05, 4.69) is 17.1 Å². The predicted molar refractivity (Wildman–Crippen MR) is 54.8 cm³/mol. The molecule has 78 valence electrons. The van der Waals surface area contributed by atoms with Gasteiger partial charge in [0.1, 0.15) is 0 Å². The van der Waals surface area contributed by atoms with Crippen molar-refractivity contribution in [2.75, 3.05) is 33.3 Å². The van der Waals surface area contributed by atoms with Gasteiger partial charge in [0.05, 0.1) is 6.61 Å². The SMILES string of the molecule is CNC(C)C1CCCN(CCO)C1. The second kappa shape index (κ2) is 5.58. The van der Waals surface area contributed by atoms with Gasteiger partial charge in [0, 0.05) is 19.1 Å². The first-order chi connectivity index (χ1) is 6.27. The lowest BCUT2D eigenvalue weighted by Crippen LogP contribution is -2.44. The lowest BCUT2D eigenvalue weighted by atomic mass is 9.92. The summed E-state index contributed by atoms with van der Waals surface area (Å²) >= 11 is 0. The van der Waals surface area contributed by atoms with Crippen molar-refractivity contribution in [1.29, 1.82) is 0 Å². The van der Waals surface area contributed by atoms with Gasteiger partial charge in [0.2, 0.25) is 0 Å². The van der Waals surface area contributed by atoms with E-state index in [1.807, 2.05) is 7.05 Å². The minimum absolute atomic E-state index is 0.292. The molecule has 0 aromatic heterocycles. The number of aliphatic hydroxyl groups excluding tert-OH is 1. The summed E-state index contributed by atoms with van der Waals surface area (Å²) in [6.07, 6.45) is 2.60. The summed E-state index contributed by atoms with van der Waals surface area (Å²) in [5.41, 5.74) is 0. The fourth-order valence-electron chi connectivity index (χ4n) is 2.08. The molecule has 0 spiro atoms. The van der Waals surface area contributed by atoms with E-state index >= 15 is 0 Å². The molecule has 13 heavy (non-hydrogen) atoms. The third kappa shape index (κ3) is 3.25. The molecular formula is C10H22N2O. The molecule has 2 N–H and O–H groups in total. The third-order valence-electron chi connectivity index (χ3n) is 3.12. The zero-order valence-corrected chi connectivity index (χ0v) is 8.79. The van der Waals surface area contributed by atoms with Gasteiger partial charge in [-0.3, -0.25) is 0 Å². The molecule has 0 saturated carbocycles. The van der Waals surface area contributed by atoms with Gasteiger partial charge in [0.15, 0.2) is 0 Å². The minimum atomic E-state index is 0.292. The maximum atomic E-state index is 8.84. The highest BCUT2D eigenvalue weighted by atomic mass is 16.3. The largest absolute Gasteiger partial charge is 0.395 e. The number of nitrogens with one attached hydrogen (secondary N) is 1. The average Bonchev–Trinajstić information content (AvgIpc) is 2.18. The second-order valence-electron chi connectivity index (χ2n) is 4.00. The number of hydrogen-bond acceptors (Lipinski definition) is 3. The Kier molecular flexibility index (Phi) is 4.70. The van der Waals surface area contributed by atoms with Crippen LogP contribution >= 0.6 is 0 Å². The number of rotatable bonds is 4. The van der Waals surface area contributed by atoms with Crippen molar-refractivity contribution >= 4 is 0 Å². The summed E-state index contributed by atoms with van der Waals surface area (Å²) in [7, 11) is 2.02. The Morgan fingerprint density at radius 3 is 3.00 bits per heavy atom. The predicted octanol–water partition coefficient (Wildman–Crippen LogP) is 0.299. The number of likely N-dealkylation sites (tertiary alicyclic amines) is 1. The Balaban J connectivity index is 2.32. The quantitative estimate of drug-likeness (QED) is 0.663. The van der Waals surface area contributed by atoms with Gasteiger partial charge in [-0.2, -0.15) is 0 Å². The first-order valence-electron chi connectivity index (χ1n) is 5.28. The van der Waals surface area contributed by atoms with Gasteiger partial charge in [-0.05, 0) is 39.3 Å². The summed E-state index contributed by atoms with van der Waals surface area (Å²) in [6, 6.07) is 0.599. The third-order valence-corrected chi connectivity index (χ3v) is 3.12. The topological polar surface area (TPSA) is 35.5 Å². The minimum Gasteiger partial charge on any atom is -0.395 e. The van der Waals surface area contributed by atoms with Crippen LogP contribution in [0.25, 0.3) is 0 Å². The fraction of sp³-hybridized carbons (Fsp3) is 1.00. The van der Waals surface area contributed by atoms with Crippen molar-refractivity contribution in [3.8, 4) is 0 Å². The van der Waals surface area contributed by atoms with Crippen LogP contribution in [0, 0.1) is 5.92 Å². The monoisotopic (exact) mass is 186 g/mol. The molecule has 0 aromatic rings. The maximum Gasteiger partial charge on any atom is 0.0558 e. The van der Waals surface area contributed by atoms with E-state index in [0.717, 1.165) is 25.6 Å². The molecule has 0 radical (unpaired) electrons. The van der Waals surface area contributed by atoms with E-state index in [9.17, 15) is 0 Å². The molecule has 1 fully saturated rings. The average molecular weight is 186 g/mol. The van der Waals surface area contributed by atoms with E-state index in [4.69, 9.17) is 5.11 Å². The molecule has 1 saturated heterocycles. The van der Waals surface area contributed by atoms with Crippen molar-refractivity contribution in [2.24, 2.45) is 5.92 Å². The fourth-order valence-corrected chi connectivity index (χ4v) is 2.08. The van der Waals surface area contributed by atoms with Crippen molar-refractivity contribution in [2.45, 2.75) is 25.8 Å². The van der Waals surface area contributed by atoms with Crippen LogP contribution in [0.15, 0.2) is 0 Å². The van der Waals surface area contributed by atoms with Crippen LogP contribution in [0.4, 0.5) is 0 Å². The molecule has 1 aliphatic heterocycles. The van der Waals surface area contributed by atoms with Crippen molar-refractivity contribution < 1.29 is 5.11 Å². The molecule has 3 heteroatoms. The molecule has 2 unspecified atom stereocenters. The smallest absolute Gasteiger partial charge is 0.0558 e. The van der Waals surface area contributed by atoms with Gasteiger partial charge in [-0.15, -0.1) is 0 Å². The van der Waals surface area contributed by atoms with E-state index in [1.54, 1.807) is 0 Å². The van der Waals surface area contributed by atoms with Crippen LogP contribution < -0.4 is 5.32 Å². The van der Waals surface area contributed by atoms with E-state index in [0.29, 0.717) is 12.6 Å². The number of aliphatic hydroxyl groups is 1. The molecule has 0 amide bonds. The van der Waals surface area contributed by atoms with Crippen molar-refractivity contribution in [3.63, 3.8) is 0 Å². The van der Waals surface area contributed by atoms with E-state index < -0.39 is 0 Å². The van der Waals surface area contributed by atoms with E-state index in [-0.39, 0.29) is 0 Å². The van der Waals surface area contributed by atoms with Crippen molar-refractivity contribution in [1.82, 2.24) is 10.2 Å². The zero-order chi connectivity index (χ0) is 9.68. The molecule has 0 bridgehead atoms. The molecule has 1 rings (SSSR count). The molecule has 0 aliphatic carbocycles. The molecule has 0 aromatic carbocycles. The highest BCUT2D eigenvalue weighted by molar-refractivity contribution is 4.79. The van der Waals surface area contributed by atoms with Crippen LogP contribution in [0.1, 0.15) is 19.8 Å². The Labute approximate surface area is 81.1 Å². The maximum absolute atomic E-state index is 8.84. The number of β-amino-alcohol motifs (C(OH)–C–C–N with tert-alkyl or cyclic N) is 1. The Bertz CT molecular complexity index is 139. The second-order valence-corrected chi connectivity index (χ2v) is 4.00. The van der Waals surface area contributed by atoms with Gasteiger partial charge >= 0.3 is 0 Å². The van der Waals surface area contributed by atoms with E-state index in [1.165, 1.54) is 12.8 Å². The molecule has 2 atom stereocenters. The van der Waals surface area contributed by atoms with Crippen LogP contribution in [-0.2, 0) is 0 Å². The summed E-state index contributed by atoms with van der Waals surface area (Å²) in [6.45, 7) is 5.68. The van der Waals surface area contributed by atoms with Gasteiger partial charge in [0.25, 0.3) is 0 Å². The lowest BCUT2D eigenvalue weighted by molar-refractivity contribution is 0.126. The Hall–Kier alpha value is -0.120. The standard InChI is InChI=1S/C10H22N2O/c1-9(11-2)10-4-3-5-12(8-10)6-7-13/h9-11,13H,3-8H2,1-2H3.